The summed E-state index contributed by atoms with van der Waals surface area (Å²) >= 11 is 1.54. The van der Waals surface area contributed by atoms with E-state index in [1.54, 1.807) is 23.7 Å². The summed E-state index contributed by atoms with van der Waals surface area (Å²) in [7, 11) is 1.79. The number of imidazole rings is 1. The number of H-pyrrole nitrogens is 1. The van der Waals surface area contributed by atoms with E-state index in [1.165, 1.54) is 0 Å². The van der Waals surface area contributed by atoms with Crippen LogP contribution in [0.15, 0.2) is 29.3 Å². The molecule has 1 aliphatic rings. The van der Waals surface area contributed by atoms with E-state index in [0.717, 1.165) is 21.9 Å². The van der Waals surface area contributed by atoms with Crippen molar-refractivity contribution >= 4 is 34.8 Å². The molecule has 17 heavy (non-hydrogen) atoms. The summed E-state index contributed by atoms with van der Waals surface area (Å²) in [6.45, 7) is 0. The summed E-state index contributed by atoms with van der Waals surface area (Å²) in [5.41, 5.74) is 1.95. The SMILES string of the molecule is CN1C(=O)CS/C1=C/c1nc2ccccc2[nH]1. The van der Waals surface area contributed by atoms with E-state index in [1.807, 2.05) is 30.3 Å². The first kappa shape index (κ1) is 10.4. The van der Waals surface area contributed by atoms with Gasteiger partial charge >= 0.3 is 0 Å². The molecule has 1 aromatic heterocycles. The molecule has 5 heteroatoms. The first-order chi connectivity index (χ1) is 8.24. The maximum Gasteiger partial charge on any atom is 0.237 e. The third-order valence-electron chi connectivity index (χ3n) is 2.72. The molecule has 0 radical (unpaired) electrons. The van der Waals surface area contributed by atoms with Crippen LogP contribution in [0.2, 0.25) is 0 Å². The number of hydrogen-bond acceptors (Lipinski definition) is 3. The number of nitrogens with zero attached hydrogens (tertiary/aromatic N) is 2. The van der Waals surface area contributed by atoms with Gasteiger partial charge in [-0.1, -0.05) is 23.9 Å². The van der Waals surface area contributed by atoms with Crippen LogP contribution in [-0.2, 0) is 4.79 Å². The van der Waals surface area contributed by atoms with Crippen molar-refractivity contribution in [3.63, 3.8) is 0 Å². The Hall–Kier alpha value is -1.75. The van der Waals surface area contributed by atoms with Gasteiger partial charge in [0.25, 0.3) is 0 Å². The number of carbonyl (C=O) groups is 1. The molecule has 86 valence electrons. The molecule has 1 amide bonds. The molecule has 0 saturated carbocycles. The van der Waals surface area contributed by atoms with Gasteiger partial charge < -0.3 is 9.88 Å². The van der Waals surface area contributed by atoms with Crippen molar-refractivity contribution in [2.75, 3.05) is 12.8 Å². The maximum absolute atomic E-state index is 11.4. The second kappa shape index (κ2) is 3.92. The van der Waals surface area contributed by atoms with Gasteiger partial charge in [-0.05, 0) is 12.1 Å². The number of rotatable bonds is 1. The highest BCUT2D eigenvalue weighted by Gasteiger charge is 2.22. The molecule has 0 aliphatic carbocycles. The number of para-hydroxylation sites is 2. The van der Waals surface area contributed by atoms with Crippen molar-refractivity contribution in [2.24, 2.45) is 0 Å². The van der Waals surface area contributed by atoms with E-state index in [2.05, 4.69) is 9.97 Å². The molecule has 1 aromatic carbocycles. The second-order valence-electron chi connectivity index (χ2n) is 3.86. The lowest BCUT2D eigenvalue weighted by molar-refractivity contribution is -0.124. The van der Waals surface area contributed by atoms with Crippen molar-refractivity contribution < 1.29 is 4.79 Å². The number of aromatic nitrogens is 2. The minimum atomic E-state index is 0.136. The number of thioether (sulfide) groups is 1. The van der Waals surface area contributed by atoms with Gasteiger partial charge in [0.2, 0.25) is 5.91 Å². The molecule has 2 aromatic rings. The van der Waals surface area contributed by atoms with Crippen LogP contribution in [-0.4, -0.2) is 33.6 Å². The van der Waals surface area contributed by atoms with E-state index in [0.29, 0.717) is 5.75 Å². The fourth-order valence-electron chi connectivity index (χ4n) is 1.75. The highest BCUT2D eigenvalue weighted by Crippen LogP contribution is 2.28. The number of nitrogens with one attached hydrogen (secondary N) is 1. The van der Waals surface area contributed by atoms with E-state index < -0.39 is 0 Å². The Balaban J connectivity index is 2.00. The summed E-state index contributed by atoms with van der Waals surface area (Å²) < 4.78 is 0. The Kier molecular flexibility index (Phi) is 2.40. The first-order valence-corrected chi connectivity index (χ1v) is 6.28. The van der Waals surface area contributed by atoms with Crippen LogP contribution in [0.4, 0.5) is 0 Å². The number of aromatic amines is 1. The summed E-state index contributed by atoms with van der Waals surface area (Å²) in [4.78, 5) is 20.7. The highest BCUT2D eigenvalue weighted by atomic mass is 32.2. The van der Waals surface area contributed by atoms with E-state index in [-0.39, 0.29) is 5.91 Å². The van der Waals surface area contributed by atoms with Crippen LogP contribution in [0, 0.1) is 0 Å². The van der Waals surface area contributed by atoms with Gasteiger partial charge in [-0.2, -0.15) is 0 Å². The zero-order chi connectivity index (χ0) is 11.8. The van der Waals surface area contributed by atoms with Crippen molar-refractivity contribution in [3.05, 3.63) is 35.1 Å². The molecule has 0 unspecified atom stereocenters. The number of carbonyl (C=O) groups excluding carboxylic acids is 1. The van der Waals surface area contributed by atoms with Crippen molar-refractivity contribution in [2.45, 2.75) is 0 Å². The van der Waals surface area contributed by atoms with Crippen molar-refractivity contribution in [1.82, 2.24) is 14.9 Å². The highest BCUT2D eigenvalue weighted by molar-refractivity contribution is 8.04. The topological polar surface area (TPSA) is 49.0 Å². The van der Waals surface area contributed by atoms with Crippen LogP contribution in [0.25, 0.3) is 17.1 Å². The van der Waals surface area contributed by atoms with Gasteiger partial charge in [0, 0.05) is 13.1 Å². The Morgan fingerprint density at radius 2 is 2.29 bits per heavy atom. The first-order valence-electron chi connectivity index (χ1n) is 5.30. The van der Waals surface area contributed by atoms with Crippen LogP contribution in [0.3, 0.4) is 0 Å². The largest absolute Gasteiger partial charge is 0.338 e. The minimum absolute atomic E-state index is 0.136. The van der Waals surface area contributed by atoms with Gasteiger partial charge in [-0.3, -0.25) is 4.79 Å². The molecule has 0 atom stereocenters. The number of fused-ring (bicyclic) bond motifs is 1. The third-order valence-corrected chi connectivity index (χ3v) is 3.79. The maximum atomic E-state index is 11.4. The average molecular weight is 245 g/mol. The molecular formula is C12H11N3OS. The summed E-state index contributed by atoms with van der Waals surface area (Å²) in [5.74, 6) is 1.44. The molecule has 4 nitrogen and oxygen atoms in total. The van der Waals surface area contributed by atoms with Crippen molar-refractivity contribution in [3.8, 4) is 0 Å². The van der Waals surface area contributed by atoms with Gasteiger partial charge in [0.1, 0.15) is 5.82 Å². The molecule has 0 spiro atoms. The predicted molar refractivity (Wildman–Crippen MR) is 69.3 cm³/mol. The molecular weight excluding hydrogens is 234 g/mol. The van der Waals surface area contributed by atoms with Crippen LogP contribution in [0.1, 0.15) is 5.82 Å². The van der Waals surface area contributed by atoms with Crippen LogP contribution < -0.4 is 0 Å². The summed E-state index contributed by atoms with van der Waals surface area (Å²) in [6, 6.07) is 7.88. The molecule has 1 fully saturated rings. The molecule has 1 N–H and O–H groups in total. The Morgan fingerprint density at radius 3 is 3.00 bits per heavy atom. The quantitative estimate of drug-likeness (QED) is 0.836. The Morgan fingerprint density at radius 1 is 1.47 bits per heavy atom. The van der Waals surface area contributed by atoms with Gasteiger partial charge in [-0.15, -0.1) is 0 Å². The van der Waals surface area contributed by atoms with E-state index in [9.17, 15) is 4.79 Å². The Labute approximate surface area is 103 Å². The van der Waals surface area contributed by atoms with Crippen molar-refractivity contribution in [1.29, 1.82) is 0 Å². The van der Waals surface area contributed by atoms with Crippen LogP contribution >= 0.6 is 11.8 Å². The molecule has 1 aliphatic heterocycles. The lowest BCUT2D eigenvalue weighted by atomic mass is 10.3. The third kappa shape index (κ3) is 1.82. The normalized spacial score (nSPS) is 18.5. The molecule has 1 saturated heterocycles. The van der Waals surface area contributed by atoms with Gasteiger partial charge in [-0.25, -0.2) is 4.98 Å². The molecule has 3 rings (SSSR count). The zero-order valence-electron chi connectivity index (χ0n) is 9.30. The van der Waals surface area contributed by atoms with E-state index >= 15 is 0 Å². The lowest BCUT2D eigenvalue weighted by Crippen LogP contribution is -2.18. The predicted octanol–water partition coefficient (Wildman–Crippen LogP) is 2.07. The number of hydrogen-bond donors (Lipinski definition) is 1. The summed E-state index contributed by atoms with van der Waals surface area (Å²) in [6.07, 6.45) is 1.91. The minimum Gasteiger partial charge on any atom is -0.338 e. The van der Waals surface area contributed by atoms with Gasteiger partial charge in [0.15, 0.2) is 0 Å². The smallest absolute Gasteiger partial charge is 0.237 e. The standard InChI is InChI=1S/C12H11N3OS/c1-15-11(16)7-17-12(15)6-10-13-8-4-2-3-5-9(8)14-10/h2-6H,7H2,1H3,(H,13,14)/b12-6+. The second-order valence-corrected chi connectivity index (χ2v) is 4.86. The Bertz CT molecular complexity index is 584. The number of amides is 1. The van der Waals surface area contributed by atoms with Gasteiger partial charge in [0.05, 0.1) is 21.8 Å². The fraction of sp³-hybridized carbons (Fsp3) is 0.167. The lowest BCUT2D eigenvalue weighted by Gasteiger charge is -2.07. The van der Waals surface area contributed by atoms with E-state index in [4.69, 9.17) is 0 Å². The zero-order valence-corrected chi connectivity index (χ0v) is 10.1. The molecule has 2 heterocycles. The van der Waals surface area contributed by atoms with Crippen LogP contribution in [0.5, 0.6) is 0 Å². The number of benzene rings is 1. The fourth-order valence-corrected chi connectivity index (χ4v) is 2.70. The monoisotopic (exact) mass is 245 g/mol. The average Bonchev–Trinajstić information content (AvgIpc) is 2.87. The molecule has 0 bridgehead atoms. The summed E-state index contributed by atoms with van der Waals surface area (Å²) in [5, 5.41) is 0.939.